The van der Waals surface area contributed by atoms with E-state index in [-0.39, 0.29) is 6.29 Å². The van der Waals surface area contributed by atoms with Crippen molar-refractivity contribution in [1.82, 2.24) is 4.98 Å². The molecule has 78 valence electrons. The van der Waals surface area contributed by atoms with Crippen molar-refractivity contribution < 1.29 is 9.47 Å². The molecule has 0 amide bonds. The maximum absolute atomic E-state index is 5.46. The van der Waals surface area contributed by atoms with Gasteiger partial charge in [-0.3, -0.25) is 0 Å². The number of rotatable bonds is 5. The minimum Gasteiger partial charge on any atom is -0.349 e. The number of halogens is 1. The molecule has 0 radical (unpaired) electrons. The van der Waals surface area contributed by atoms with Crippen LogP contribution >= 0.6 is 15.9 Å². The zero-order valence-electron chi connectivity index (χ0n) is 8.37. The van der Waals surface area contributed by atoms with Crippen LogP contribution in [0.3, 0.4) is 0 Å². The van der Waals surface area contributed by atoms with Crippen LogP contribution in [0.15, 0.2) is 22.9 Å². The first-order valence-electron chi connectivity index (χ1n) is 4.63. The molecule has 1 rings (SSSR count). The van der Waals surface area contributed by atoms with E-state index in [4.69, 9.17) is 9.47 Å². The van der Waals surface area contributed by atoms with Crippen LogP contribution in [0.5, 0.6) is 0 Å². The van der Waals surface area contributed by atoms with Gasteiger partial charge in [0.2, 0.25) is 0 Å². The Labute approximate surface area is 92.6 Å². The Kier molecular flexibility index (Phi) is 5.07. The number of ether oxygens (including phenoxy) is 2. The van der Waals surface area contributed by atoms with Gasteiger partial charge in [0.25, 0.3) is 0 Å². The molecule has 0 unspecified atom stereocenters. The van der Waals surface area contributed by atoms with Gasteiger partial charge in [0, 0.05) is 25.0 Å². The van der Waals surface area contributed by atoms with E-state index >= 15 is 0 Å². The molecule has 0 saturated carbocycles. The van der Waals surface area contributed by atoms with Crippen LogP contribution in [-0.4, -0.2) is 18.2 Å². The van der Waals surface area contributed by atoms with Crippen LogP contribution in [-0.2, 0) is 9.47 Å². The number of hydrogen-bond donors (Lipinski definition) is 0. The van der Waals surface area contributed by atoms with Gasteiger partial charge >= 0.3 is 0 Å². The number of aromatic nitrogens is 1. The second-order valence-electron chi connectivity index (χ2n) is 2.63. The van der Waals surface area contributed by atoms with Crippen molar-refractivity contribution in [3.8, 4) is 0 Å². The number of pyridine rings is 1. The summed E-state index contributed by atoms with van der Waals surface area (Å²) in [4.78, 5) is 4.12. The van der Waals surface area contributed by atoms with Crippen molar-refractivity contribution in [3.63, 3.8) is 0 Å². The Bertz CT molecular complexity index is 275. The quantitative estimate of drug-likeness (QED) is 0.602. The first kappa shape index (κ1) is 11.6. The van der Waals surface area contributed by atoms with E-state index in [2.05, 4.69) is 20.9 Å². The van der Waals surface area contributed by atoms with Crippen LogP contribution in [0.2, 0.25) is 0 Å². The molecule has 0 spiro atoms. The van der Waals surface area contributed by atoms with E-state index < -0.39 is 0 Å². The lowest BCUT2D eigenvalue weighted by Gasteiger charge is -2.17. The molecule has 0 bridgehead atoms. The average Bonchev–Trinajstić information content (AvgIpc) is 2.18. The third-order valence-electron chi connectivity index (χ3n) is 1.68. The predicted molar refractivity (Wildman–Crippen MR) is 57.9 cm³/mol. The Morgan fingerprint density at radius 1 is 1.36 bits per heavy atom. The Balaban J connectivity index is 2.81. The summed E-state index contributed by atoms with van der Waals surface area (Å²) in [5.74, 6) is 0. The lowest BCUT2D eigenvalue weighted by molar-refractivity contribution is -0.140. The highest BCUT2D eigenvalue weighted by Crippen LogP contribution is 2.24. The van der Waals surface area contributed by atoms with Gasteiger partial charge in [0.15, 0.2) is 6.29 Å². The molecule has 0 fully saturated rings. The number of hydrogen-bond acceptors (Lipinski definition) is 3. The van der Waals surface area contributed by atoms with E-state index in [0.717, 1.165) is 10.2 Å². The Morgan fingerprint density at radius 3 is 2.50 bits per heavy atom. The summed E-state index contributed by atoms with van der Waals surface area (Å²) in [6, 6.07) is 3.80. The molecule has 1 heterocycles. The molecule has 4 heteroatoms. The second kappa shape index (κ2) is 6.11. The van der Waals surface area contributed by atoms with Gasteiger partial charge in [-0.15, -0.1) is 0 Å². The maximum Gasteiger partial charge on any atom is 0.186 e. The van der Waals surface area contributed by atoms with Gasteiger partial charge in [0.1, 0.15) is 4.60 Å². The third kappa shape index (κ3) is 3.04. The highest BCUT2D eigenvalue weighted by atomic mass is 79.9. The lowest BCUT2D eigenvalue weighted by atomic mass is 10.3. The van der Waals surface area contributed by atoms with Crippen LogP contribution < -0.4 is 0 Å². The van der Waals surface area contributed by atoms with Crippen LogP contribution in [0, 0.1) is 0 Å². The van der Waals surface area contributed by atoms with E-state index in [1.807, 2.05) is 26.0 Å². The average molecular weight is 260 g/mol. The Morgan fingerprint density at radius 2 is 2.00 bits per heavy atom. The Hall–Kier alpha value is -0.450. The highest BCUT2D eigenvalue weighted by molar-refractivity contribution is 9.10. The van der Waals surface area contributed by atoms with Gasteiger partial charge in [0.05, 0.1) is 0 Å². The second-order valence-corrected chi connectivity index (χ2v) is 3.38. The van der Waals surface area contributed by atoms with Crippen molar-refractivity contribution in [2.45, 2.75) is 20.1 Å². The summed E-state index contributed by atoms with van der Waals surface area (Å²) in [6.45, 7) is 5.12. The minimum absolute atomic E-state index is 0.326. The summed E-state index contributed by atoms with van der Waals surface area (Å²) in [6.07, 6.45) is 1.40. The standard InChI is InChI=1S/C10H14BrNO2/c1-3-13-10(14-4-2)8-6-5-7-12-9(8)11/h5-7,10H,3-4H2,1-2H3. The van der Waals surface area contributed by atoms with Gasteiger partial charge in [-0.05, 0) is 41.9 Å². The SMILES string of the molecule is CCOC(OCC)c1cccnc1Br. The molecular formula is C10H14BrNO2. The van der Waals surface area contributed by atoms with Crippen molar-refractivity contribution in [2.24, 2.45) is 0 Å². The molecule has 0 atom stereocenters. The summed E-state index contributed by atoms with van der Waals surface area (Å²) >= 11 is 3.37. The summed E-state index contributed by atoms with van der Waals surface area (Å²) < 4.78 is 11.7. The molecule has 1 aromatic rings. The molecule has 0 saturated heterocycles. The topological polar surface area (TPSA) is 31.4 Å². The molecule has 14 heavy (non-hydrogen) atoms. The fraction of sp³-hybridized carbons (Fsp3) is 0.500. The fourth-order valence-electron chi connectivity index (χ4n) is 1.10. The van der Waals surface area contributed by atoms with E-state index in [1.165, 1.54) is 0 Å². The van der Waals surface area contributed by atoms with Gasteiger partial charge in [-0.1, -0.05) is 0 Å². The van der Waals surface area contributed by atoms with E-state index in [1.54, 1.807) is 6.20 Å². The van der Waals surface area contributed by atoms with E-state index in [9.17, 15) is 0 Å². The van der Waals surface area contributed by atoms with Crippen molar-refractivity contribution >= 4 is 15.9 Å². The molecule has 3 nitrogen and oxygen atoms in total. The molecule has 0 aliphatic carbocycles. The smallest absolute Gasteiger partial charge is 0.186 e. The first-order chi connectivity index (χ1) is 6.79. The summed E-state index contributed by atoms with van der Waals surface area (Å²) in [5, 5.41) is 0. The monoisotopic (exact) mass is 259 g/mol. The van der Waals surface area contributed by atoms with Gasteiger partial charge < -0.3 is 9.47 Å². The molecule has 0 N–H and O–H groups in total. The zero-order valence-corrected chi connectivity index (χ0v) is 9.95. The zero-order chi connectivity index (χ0) is 10.4. The van der Waals surface area contributed by atoms with Crippen molar-refractivity contribution in [3.05, 3.63) is 28.5 Å². The largest absolute Gasteiger partial charge is 0.349 e. The molecular weight excluding hydrogens is 246 g/mol. The van der Waals surface area contributed by atoms with Crippen LogP contribution in [0.1, 0.15) is 25.7 Å². The van der Waals surface area contributed by atoms with Gasteiger partial charge in [-0.2, -0.15) is 0 Å². The third-order valence-corrected chi connectivity index (χ3v) is 2.34. The molecule has 0 aliphatic rings. The molecule has 0 aromatic carbocycles. The molecule has 0 aliphatic heterocycles. The van der Waals surface area contributed by atoms with Crippen LogP contribution in [0.4, 0.5) is 0 Å². The highest BCUT2D eigenvalue weighted by Gasteiger charge is 2.14. The lowest BCUT2D eigenvalue weighted by Crippen LogP contribution is -2.09. The number of nitrogens with zero attached hydrogens (tertiary/aromatic N) is 1. The maximum atomic E-state index is 5.46. The van der Waals surface area contributed by atoms with Crippen LogP contribution in [0.25, 0.3) is 0 Å². The van der Waals surface area contributed by atoms with E-state index in [0.29, 0.717) is 13.2 Å². The summed E-state index contributed by atoms with van der Waals surface area (Å²) in [7, 11) is 0. The fourth-order valence-corrected chi connectivity index (χ4v) is 1.54. The van der Waals surface area contributed by atoms with Crippen molar-refractivity contribution in [2.75, 3.05) is 13.2 Å². The normalized spacial score (nSPS) is 10.9. The van der Waals surface area contributed by atoms with Gasteiger partial charge in [-0.25, -0.2) is 4.98 Å². The molecule has 1 aromatic heterocycles. The minimum atomic E-state index is -0.326. The predicted octanol–water partition coefficient (Wildman–Crippen LogP) is 2.92. The first-order valence-corrected chi connectivity index (χ1v) is 5.42. The summed E-state index contributed by atoms with van der Waals surface area (Å²) in [5.41, 5.74) is 0.927. The van der Waals surface area contributed by atoms with Crippen molar-refractivity contribution in [1.29, 1.82) is 0 Å².